The van der Waals surface area contributed by atoms with Crippen LogP contribution in [0.3, 0.4) is 0 Å². The highest BCUT2D eigenvalue weighted by molar-refractivity contribution is 7.20. The van der Waals surface area contributed by atoms with Crippen molar-refractivity contribution >= 4 is 39.1 Å². The van der Waals surface area contributed by atoms with E-state index < -0.39 is 18.2 Å². The van der Waals surface area contributed by atoms with Gasteiger partial charge in [-0.25, -0.2) is 4.79 Å². The predicted molar refractivity (Wildman–Crippen MR) is 125 cm³/mol. The molecule has 1 amide bonds. The first-order chi connectivity index (χ1) is 15.4. The van der Waals surface area contributed by atoms with E-state index >= 15 is 0 Å². The highest BCUT2D eigenvalue weighted by Crippen LogP contribution is 2.34. The Hall–Kier alpha value is -3.13. The summed E-state index contributed by atoms with van der Waals surface area (Å²) in [6, 6.07) is 7.36. The molecule has 3 N–H and O–H groups in total. The molecule has 3 atom stereocenters. The molecule has 7 nitrogen and oxygen atoms in total. The number of ether oxygens (including phenoxy) is 2. The summed E-state index contributed by atoms with van der Waals surface area (Å²) in [6.45, 7) is 3.02. The molecule has 1 saturated heterocycles. The fourth-order valence-electron chi connectivity index (χ4n) is 4.03. The number of thiophene rings is 1. The maximum Gasteiger partial charge on any atom is 0.348 e. The molecule has 32 heavy (non-hydrogen) atoms. The second kappa shape index (κ2) is 9.56. The molecule has 0 radical (unpaired) electrons. The molecule has 1 aromatic heterocycles. The van der Waals surface area contributed by atoms with Crippen LogP contribution in [0.1, 0.15) is 31.1 Å². The van der Waals surface area contributed by atoms with Crippen LogP contribution in [0.2, 0.25) is 0 Å². The van der Waals surface area contributed by atoms with Gasteiger partial charge in [0.25, 0.3) is 5.91 Å². The lowest BCUT2D eigenvalue weighted by atomic mass is 9.94. The first-order valence-electron chi connectivity index (χ1n) is 10.8. The molecule has 0 saturated carbocycles. The average Bonchev–Trinajstić information content (AvgIpc) is 3.47. The van der Waals surface area contributed by atoms with Crippen molar-refractivity contribution in [2.24, 2.45) is 11.7 Å². The monoisotopic (exact) mass is 453 g/mol. The molecule has 1 aliphatic carbocycles. The van der Waals surface area contributed by atoms with Gasteiger partial charge in [-0.15, -0.1) is 11.3 Å². The van der Waals surface area contributed by atoms with Gasteiger partial charge in [-0.05, 0) is 44.4 Å². The quantitative estimate of drug-likeness (QED) is 0.378. The molecule has 168 valence electrons. The molecular weight excluding hydrogens is 426 g/mol. The van der Waals surface area contributed by atoms with Crippen LogP contribution in [0, 0.1) is 11.3 Å². The van der Waals surface area contributed by atoms with Crippen LogP contribution in [0.15, 0.2) is 48.6 Å². The minimum atomic E-state index is -0.906. The summed E-state index contributed by atoms with van der Waals surface area (Å²) < 4.78 is 12.8. The van der Waals surface area contributed by atoms with E-state index in [1.165, 1.54) is 11.3 Å². The normalized spacial score (nSPS) is 19.7. The van der Waals surface area contributed by atoms with E-state index in [0.29, 0.717) is 30.1 Å². The molecule has 1 unspecified atom stereocenters. The lowest BCUT2D eigenvalue weighted by molar-refractivity contribution is -0.165. The van der Waals surface area contributed by atoms with Crippen molar-refractivity contribution in [1.29, 1.82) is 5.41 Å². The van der Waals surface area contributed by atoms with Gasteiger partial charge in [0.2, 0.25) is 6.10 Å². The molecule has 2 aromatic rings. The lowest BCUT2D eigenvalue weighted by Crippen LogP contribution is -2.43. The van der Waals surface area contributed by atoms with Crippen LogP contribution >= 0.6 is 11.3 Å². The average molecular weight is 454 g/mol. The summed E-state index contributed by atoms with van der Waals surface area (Å²) >= 11 is 1.40. The number of benzene rings is 1. The number of hydrogen-bond donors (Lipinski definition) is 2. The zero-order valence-corrected chi connectivity index (χ0v) is 18.8. The van der Waals surface area contributed by atoms with Crippen LogP contribution in [0.4, 0.5) is 0 Å². The van der Waals surface area contributed by atoms with Gasteiger partial charge in [0.15, 0.2) is 6.10 Å². The van der Waals surface area contributed by atoms with Crippen molar-refractivity contribution in [2.75, 3.05) is 13.1 Å². The molecule has 1 fully saturated rings. The number of amidine groups is 1. The minimum absolute atomic E-state index is 0.0114. The van der Waals surface area contributed by atoms with Crippen molar-refractivity contribution < 1.29 is 19.1 Å². The van der Waals surface area contributed by atoms with Crippen LogP contribution in [0.25, 0.3) is 10.1 Å². The third kappa shape index (κ3) is 4.70. The molecule has 0 bridgehead atoms. The second-order valence-corrected chi connectivity index (χ2v) is 9.14. The van der Waals surface area contributed by atoms with Crippen molar-refractivity contribution in [3.05, 3.63) is 53.4 Å². The maximum atomic E-state index is 13.2. The number of esters is 1. The summed E-state index contributed by atoms with van der Waals surface area (Å²) in [6.07, 6.45) is 8.52. The Balaban J connectivity index is 1.57. The van der Waals surface area contributed by atoms with Gasteiger partial charge in [0.05, 0.1) is 4.88 Å². The van der Waals surface area contributed by atoms with Crippen molar-refractivity contribution in [2.45, 2.75) is 38.4 Å². The molecular formula is C24H27N3O4S. The zero-order chi connectivity index (χ0) is 22.7. The lowest BCUT2D eigenvalue weighted by Gasteiger charge is -2.27. The topological polar surface area (TPSA) is 106 Å². The summed E-state index contributed by atoms with van der Waals surface area (Å²) in [5, 5.41) is 8.51. The highest BCUT2D eigenvalue weighted by atomic mass is 32.1. The van der Waals surface area contributed by atoms with E-state index in [0.717, 1.165) is 22.9 Å². The van der Waals surface area contributed by atoms with Gasteiger partial charge < -0.3 is 20.1 Å². The number of allylic oxidation sites excluding steroid dienone is 3. The van der Waals surface area contributed by atoms with Gasteiger partial charge in [-0.1, -0.05) is 30.4 Å². The van der Waals surface area contributed by atoms with E-state index in [4.69, 9.17) is 20.6 Å². The smallest absolute Gasteiger partial charge is 0.348 e. The fourth-order valence-corrected chi connectivity index (χ4v) is 4.97. The fraction of sp³-hybridized carbons (Fsp3) is 0.375. The van der Waals surface area contributed by atoms with Crippen LogP contribution < -0.4 is 10.5 Å². The number of nitrogens with two attached hydrogens (primary N) is 1. The Morgan fingerprint density at radius 2 is 2.03 bits per heavy atom. The number of nitrogens with one attached hydrogen (secondary N) is 1. The molecule has 2 heterocycles. The third-order valence-corrected chi connectivity index (χ3v) is 6.87. The Kier molecular flexibility index (Phi) is 6.60. The second-order valence-electron chi connectivity index (χ2n) is 8.05. The van der Waals surface area contributed by atoms with Crippen molar-refractivity contribution in [3.8, 4) is 5.75 Å². The number of amides is 1. The molecule has 0 spiro atoms. The Labute approximate surface area is 191 Å². The first-order valence-corrected chi connectivity index (χ1v) is 11.6. The van der Waals surface area contributed by atoms with Crippen molar-refractivity contribution in [1.82, 2.24) is 4.90 Å². The predicted octanol–water partition coefficient (Wildman–Crippen LogP) is 3.62. The summed E-state index contributed by atoms with van der Waals surface area (Å²) in [5.41, 5.74) is 5.66. The van der Waals surface area contributed by atoms with E-state index in [1.54, 1.807) is 24.0 Å². The first kappa shape index (κ1) is 22.1. The van der Waals surface area contributed by atoms with E-state index in [1.807, 2.05) is 36.4 Å². The number of likely N-dealkylation sites (tertiary alicyclic amines) is 1. The molecule has 1 aliphatic heterocycles. The Bertz CT molecular complexity index is 1080. The number of rotatable bonds is 7. The van der Waals surface area contributed by atoms with E-state index in [2.05, 4.69) is 0 Å². The minimum Gasteiger partial charge on any atom is -0.477 e. The summed E-state index contributed by atoms with van der Waals surface area (Å²) in [5.74, 6) is -0.436. The molecule has 8 heteroatoms. The largest absolute Gasteiger partial charge is 0.477 e. The number of nitrogens with zero attached hydrogens (tertiary/aromatic N) is 1. The number of carbonyl (C=O) groups is 2. The van der Waals surface area contributed by atoms with Crippen molar-refractivity contribution in [3.63, 3.8) is 0 Å². The van der Waals surface area contributed by atoms with Gasteiger partial charge >= 0.3 is 5.97 Å². The molecule has 1 aromatic carbocycles. The maximum absolute atomic E-state index is 13.2. The van der Waals surface area contributed by atoms with Crippen LogP contribution in [0.5, 0.6) is 5.75 Å². The summed E-state index contributed by atoms with van der Waals surface area (Å²) in [7, 11) is 0. The third-order valence-electron chi connectivity index (χ3n) is 5.73. The zero-order valence-electron chi connectivity index (χ0n) is 18.0. The standard InChI is InChI=1S/C24H27N3O4S/c1-15(23(28)27-12-5-6-13-27)30-24(29)21(16-8-3-2-4-9-16)31-18-10-7-11-19-17(18)14-20(32-19)22(25)26/h2-4,7-8,10-11,14-16,21H,5-6,9,12-13H2,1H3,(H3,25,26)/t15-,16?,21+/m0/s1. The van der Waals surface area contributed by atoms with Gasteiger partial charge in [0.1, 0.15) is 11.6 Å². The SMILES string of the molecule is C[C@H](OC(=O)[C@H](Oc1cccc2sc(C(=N)N)cc12)C1C=CC=CC1)C(=O)N1CCCC1. The molecule has 4 rings (SSSR count). The number of fused-ring (bicyclic) bond motifs is 1. The van der Waals surface area contributed by atoms with Gasteiger partial charge in [-0.3, -0.25) is 10.2 Å². The van der Waals surface area contributed by atoms with Crippen LogP contribution in [-0.4, -0.2) is 47.9 Å². The van der Waals surface area contributed by atoms with E-state index in [9.17, 15) is 9.59 Å². The van der Waals surface area contributed by atoms with Gasteiger partial charge in [0, 0.05) is 29.1 Å². The highest BCUT2D eigenvalue weighted by Gasteiger charge is 2.34. The number of carbonyl (C=O) groups excluding carboxylic acids is 2. The van der Waals surface area contributed by atoms with Gasteiger partial charge in [-0.2, -0.15) is 0 Å². The van der Waals surface area contributed by atoms with E-state index in [-0.39, 0.29) is 17.7 Å². The Morgan fingerprint density at radius 3 is 2.72 bits per heavy atom. The summed E-state index contributed by atoms with van der Waals surface area (Å²) in [4.78, 5) is 28.2. The molecule has 2 aliphatic rings. The number of hydrogen-bond acceptors (Lipinski definition) is 6. The van der Waals surface area contributed by atoms with Crippen LogP contribution in [-0.2, 0) is 14.3 Å². The number of nitrogen functional groups attached to an aromatic ring is 1. The Morgan fingerprint density at radius 1 is 1.25 bits per heavy atom.